The number of aliphatic hydroxyl groups excluding tert-OH is 1. The molecule has 4 N–H and O–H groups in total. The molecule has 0 unspecified atom stereocenters. The molecule has 3 heterocycles. The number of anilines is 3. The van der Waals surface area contributed by atoms with E-state index in [4.69, 9.17) is 0 Å². The van der Waals surface area contributed by atoms with Crippen LogP contribution >= 0.6 is 13.5 Å². The molecule has 0 saturated carbocycles. The normalized spacial score (nSPS) is 11.6. The summed E-state index contributed by atoms with van der Waals surface area (Å²) < 4.78 is 0. The summed E-state index contributed by atoms with van der Waals surface area (Å²) in [6.07, 6.45) is 3.31. The number of aryl methyl sites for hydroxylation is 1. The van der Waals surface area contributed by atoms with E-state index in [0.717, 1.165) is 10.9 Å². The van der Waals surface area contributed by atoms with Crippen molar-refractivity contribution in [1.29, 1.82) is 0 Å². The third kappa shape index (κ3) is 4.28. The average molecular weight is 359 g/mol. The Morgan fingerprint density at radius 3 is 2.80 bits per heavy atom. The Bertz CT molecular complexity index is 928. The summed E-state index contributed by atoms with van der Waals surface area (Å²) in [4.78, 5) is 23.5. The molecule has 0 aliphatic rings. The van der Waals surface area contributed by atoms with Crippen LogP contribution in [0.2, 0.25) is 0 Å². The number of aromatic nitrogens is 3. The first-order valence-corrected chi connectivity index (χ1v) is 7.66. The molecule has 3 aromatic heterocycles. The van der Waals surface area contributed by atoms with Gasteiger partial charge in [-0.05, 0) is 49.1 Å². The molecule has 0 aliphatic heterocycles. The average Bonchev–Trinajstić information content (AvgIpc) is 2.54. The van der Waals surface area contributed by atoms with Gasteiger partial charge in [0.25, 0.3) is 5.56 Å². The van der Waals surface area contributed by atoms with Gasteiger partial charge in [0.05, 0.1) is 12.0 Å². The Hall–Kier alpha value is -2.58. The van der Waals surface area contributed by atoms with Crippen LogP contribution in [-0.2, 0) is 0 Å². The van der Waals surface area contributed by atoms with Crippen LogP contribution in [0.1, 0.15) is 12.5 Å². The summed E-state index contributed by atoms with van der Waals surface area (Å²) in [5, 5.41) is 16.7. The number of nitrogens with one attached hydrogen (secondary N) is 3. The molecule has 1 atom stereocenters. The number of hydrogen-bond acceptors (Lipinski definition) is 6. The SMILES string of the molecule is Cc1ccnc(Nc2cc3cc[nH]c(=O)c3c(N[C@@H](C)CO)n2)c1.S. The van der Waals surface area contributed by atoms with Crippen LogP contribution < -0.4 is 16.2 Å². The van der Waals surface area contributed by atoms with Gasteiger partial charge in [0.15, 0.2) is 0 Å². The van der Waals surface area contributed by atoms with Crippen LogP contribution in [0.15, 0.2) is 41.5 Å². The molecule has 0 amide bonds. The lowest BCUT2D eigenvalue weighted by atomic mass is 10.2. The first-order chi connectivity index (χ1) is 11.6. The van der Waals surface area contributed by atoms with E-state index < -0.39 is 0 Å². The lowest BCUT2D eigenvalue weighted by Crippen LogP contribution is -2.22. The third-order valence-corrected chi connectivity index (χ3v) is 3.58. The molecule has 7 nitrogen and oxygen atoms in total. The highest BCUT2D eigenvalue weighted by molar-refractivity contribution is 7.59. The van der Waals surface area contributed by atoms with Crippen molar-refractivity contribution in [3.63, 3.8) is 0 Å². The Morgan fingerprint density at radius 1 is 1.28 bits per heavy atom. The molecule has 3 aromatic rings. The van der Waals surface area contributed by atoms with Gasteiger partial charge in [-0.25, -0.2) is 9.97 Å². The lowest BCUT2D eigenvalue weighted by Gasteiger charge is -2.15. The smallest absolute Gasteiger partial charge is 0.259 e. The molecule has 0 radical (unpaired) electrons. The quantitative estimate of drug-likeness (QED) is 0.557. The van der Waals surface area contributed by atoms with E-state index in [1.165, 1.54) is 0 Å². The van der Waals surface area contributed by atoms with Gasteiger partial charge in [0.1, 0.15) is 17.5 Å². The zero-order valence-corrected chi connectivity index (χ0v) is 15.0. The number of H-pyrrole nitrogens is 1. The summed E-state index contributed by atoms with van der Waals surface area (Å²) in [6, 6.07) is 7.19. The number of nitrogens with zero attached hydrogens (tertiary/aromatic N) is 2. The predicted octanol–water partition coefficient (Wildman–Crippen LogP) is 2.28. The maximum Gasteiger partial charge on any atom is 0.259 e. The van der Waals surface area contributed by atoms with Crippen molar-refractivity contribution in [2.24, 2.45) is 0 Å². The highest BCUT2D eigenvalue weighted by Gasteiger charge is 2.12. The van der Waals surface area contributed by atoms with Crippen molar-refractivity contribution < 1.29 is 5.11 Å². The van der Waals surface area contributed by atoms with Crippen molar-refractivity contribution in [2.75, 3.05) is 17.2 Å². The minimum absolute atomic E-state index is 0. The number of pyridine rings is 3. The molecule has 132 valence electrons. The van der Waals surface area contributed by atoms with Crippen LogP contribution in [0.4, 0.5) is 17.5 Å². The number of hydrogen-bond donors (Lipinski definition) is 4. The number of fused-ring (bicyclic) bond motifs is 1. The van der Waals surface area contributed by atoms with Crippen molar-refractivity contribution in [3.8, 4) is 0 Å². The first-order valence-electron chi connectivity index (χ1n) is 7.66. The van der Waals surface area contributed by atoms with Crippen LogP contribution in [0, 0.1) is 6.92 Å². The maximum atomic E-state index is 12.2. The van der Waals surface area contributed by atoms with E-state index in [1.54, 1.807) is 18.5 Å². The van der Waals surface area contributed by atoms with Crippen LogP contribution in [-0.4, -0.2) is 32.7 Å². The molecule has 0 spiro atoms. The zero-order chi connectivity index (χ0) is 17.1. The second-order valence-corrected chi connectivity index (χ2v) is 5.70. The first kappa shape index (κ1) is 18.8. The van der Waals surface area contributed by atoms with Crippen molar-refractivity contribution in [3.05, 3.63) is 52.6 Å². The van der Waals surface area contributed by atoms with Crippen LogP contribution in [0.5, 0.6) is 0 Å². The Balaban J connectivity index is 0.00000225. The standard InChI is InChI=1S/C17H19N5O2.H2S/c1-10-3-5-18-13(7-10)21-14-8-12-4-6-19-17(24)15(12)16(22-14)20-11(2)9-23;/h3-8,11,23H,9H2,1-2H3,(H,19,24)(H2,18,20,21,22);1H2/t11-;/m0./s1. The topological polar surface area (TPSA) is 103 Å². The highest BCUT2D eigenvalue weighted by atomic mass is 32.1. The summed E-state index contributed by atoms with van der Waals surface area (Å²) in [6.45, 7) is 3.73. The lowest BCUT2D eigenvalue weighted by molar-refractivity contribution is 0.281. The second kappa shape index (κ2) is 8.00. The fourth-order valence-corrected chi connectivity index (χ4v) is 2.40. The van der Waals surface area contributed by atoms with Crippen molar-refractivity contribution in [2.45, 2.75) is 19.9 Å². The minimum Gasteiger partial charge on any atom is -0.394 e. The van der Waals surface area contributed by atoms with Gasteiger partial charge in [-0.15, -0.1) is 0 Å². The van der Waals surface area contributed by atoms with E-state index in [2.05, 4.69) is 25.6 Å². The largest absolute Gasteiger partial charge is 0.394 e. The van der Waals surface area contributed by atoms with Gasteiger partial charge in [-0.3, -0.25) is 4.79 Å². The molecule has 0 bridgehead atoms. The summed E-state index contributed by atoms with van der Waals surface area (Å²) in [5.41, 5.74) is 0.852. The number of aliphatic hydroxyl groups is 1. The third-order valence-electron chi connectivity index (χ3n) is 3.58. The summed E-state index contributed by atoms with van der Waals surface area (Å²) >= 11 is 0. The molecule has 8 heteroatoms. The fraction of sp³-hybridized carbons (Fsp3) is 0.235. The highest BCUT2D eigenvalue weighted by Crippen LogP contribution is 2.24. The van der Waals surface area contributed by atoms with Crippen LogP contribution in [0.3, 0.4) is 0 Å². The van der Waals surface area contributed by atoms with E-state index in [1.807, 2.05) is 32.0 Å². The molecule has 3 rings (SSSR count). The predicted molar refractivity (Wildman–Crippen MR) is 105 cm³/mol. The van der Waals surface area contributed by atoms with E-state index in [-0.39, 0.29) is 31.7 Å². The minimum atomic E-state index is -0.229. The maximum absolute atomic E-state index is 12.2. The Labute approximate surface area is 152 Å². The summed E-state index contributed by atoms with van der Waals surface area (Å²) in [7, 11) is 0. The number of aromatic amines is 1. The van der Waals surface area contributed by atoms with Gasteiger partial charge in [0.2, 0.25) is 0 Å². The molecule has 0 saturated heterocycles. The van der Waals surface area contributed by atoms with E-state index >= 15 is 0 Å². The van der Waals surface area contributed by atoms with E-state index in [9.17, 15) is 9.90 Å². The van der Waals surface area contributed by atoms with Crippen LogP contribution in [0.25, 0.3) is 10.8 Å². The zero-order valence-electron chi connectivity index (χ0n) is 14.0. The molecule has 25 heavy (non-hydrogen) atoms. The van der Waals surface area contributed by atoms with Crippen molar-refractivity contribution in [1.82, 2.24) is 15.0 Å². The second-order valence-electron chi connectivity index (χ2n) is 5.70. The molecular weight excluding hydrogens is 338 g/mol. The fourth-order valence-electron chi connectivity index (χ4n) is 2.40. The van der Waals surface area contributed by atoms with Crippen molar-refractivity contribution >= 4 is 41.7 Å². The molecule has 0 aromatic carbocycles. The Kier molecular flexibility index (Phi) is 6.00. The molecular formula is C17H21N5O2S. The van der Waals surface area contributed by atoms with Gasteiger partial charge in [0, 0.05) is 18.4 Å². The van der Waals surface area contributed by atoms with Gasteiger partial charge < -0.3 is 20.7 Å². The van der Waals surface area contributed by atoms with Gasteiger partial charge >= 0.3 is 0 Å². The van der Waals surface area contributed by atoms with E-state index in [0.29, 0.717) is 22.8 Å². The Morgan fingerprint density at radius 2 is 2.08 bits per heavy atom. The van der Waals surface area contributed by atoms with Gasteiger partial charge in [-0.2, -0.15) is 13.5 Å². The monoisotopic (exact) mass is 359 g/mol. The summed E-state index contributed by atoms with van der Waals surface area (Å²) in [5.74, 6) is 1.66. The molecule has 0 aliphatic carbocycles. The van der Waals surface area contributed by atoms with Gasteiger partial charge in [-0.1, -0.05) is 0 Å². The molecule has 0 fully saturated rings. The number of rotatable bonds is 5.